The van der Waals surface area contributed by atoms with Crippen molar-refractivity contribution in [3.8, 4) is 0 Å². The molecule has 1 aromatic heterocycles. The maximum absolute atomic E-state index is 12.3. The largest absolute Gasteiger partial charge is 0.294 e. The molecule has 1 aromatic carbocycles. The van der Waals surface area contributed by atoms with E-state index in [1.54, 1.807) is 6.20 Å². The fourth-order valence-corrected chi connectivity index (χ4v) is 2.16. The van der Waals surface area contributed by atoms with Gasteiger partial charge < -0.3 is 0 Å². The van der Waals surface area contributed by atoms with Crippen LogP contribution in [0.3, 0.4) is 0 Å². The number of hydrogen-bond donors (Lipinski definition) is 0. The predicted octanol–water partition coefficient (Wildman–Crippen LogP) is 2.12. The molecule has 0 saturated heterocycles. The number of amides is 1. The van der Waals surface area contributed by atoms with E-state index >= 15 is 0 Å². The highest BCUT2D eigenvalue weighted by Crippen LogP contribution is 2.15. The van der Waals surface area contributed by atoms with Gasteiger partial charge in [-0.1, -0.05) is 30.3 Å². The summed E-state index contributed by atoms with van der Waals surface area (Å²) in [5.74, 6) is -0.203. The lowest BCUT2D eigenvalue weighted by Crippen LogP contribution is -2.32. The predicted molar refractivity (Wildman–Crippen MR) is 75.3 cm³/mol. The lowest BCUT2D eigenvalue weighted by molar-refractivity contribution is 0.0745. The van der Waals surface area contributed by atoms with E-state index in [9.17, 15) is 4.79 Å². The monoisotopic (exact) mass is 266 g/mol. The standard InChI is InChI=1S/C15H14N4O/c20-15(14-11-16-8-9-17-14)19-10-4-7-13(18-19)12-5-2-1-3-6-12/h1-3,5-6,8-9,11H,4,7,10H2. The van der Waals surface area contributed by atoms with Gasteiger partial charge in [0.05, 0.1) is 11.9 Å². The molecule has 0 spiro atoms. The van der Waals surface area contributed by atoms with Gasteiger partial charge in [0.15, 0.2) is 0 Å². The first-order valence-electron chi connectivity index (χ1n) is 6.55. The lowest BCUT2D eigenvalue weighted by atomic mass is 10.0. The van der Waals surface area contributed by atoms with Crippen LogP contribution in [0.2, 0.25) is 0 Å². The Morgan fingerprint density at radius 3 is 2.75 bits per heavy atom. The fraction of sp³-hybridized carbons (Fsp3) is 0.200. The minimum atomic E-state index is -0.203. The van der Waals surface area contributed by atoms with Crippen molar-refractivity contribution >= 4 is 11.6 Å². The summed E-state index contributed by atoms with van der Waals surface area (Å²) in [6.07, 6.45) is 6.31. The third-order valence-electron chi connectivity index (χ3n) is 3.15. The molecular weight excluding hydrogens is 252 g/mol. The first kappa shape index (κ1) is 12.5. The van der Waals surface area contributed by atoms with Crippen LogP contribution in [-0.4, -0.2) is 33.1 Å². The van der Waals surface area contributed by atoms with Crippen LogP contribution in [0.4, 0.5) is 0 Å². The molecular formula is C15H14N4O. The number of carbonyl (C=O) groups is 1. The van der Waals surface area contributed by atoms with Gasteiger partial charge in [-0.25, -0.2) is 9.99 Å². The third-order valence-corrected chi connectivity index (χ3v) is 3.15. The molecule has 3 rings (SSSR count). The second kappa shape index (κ2) is 5.61. The molecule has 0 aliphatic carbocycles. The van der Waals surface area contributed by atoms with Gasteiger partial charge in [-0.05, 0) is 18.4 Å². The minimum Gasteiger partial charge on any atom is -0.265 e. The van der Waals surface area contributed by atoms with Crippen LogP contribution in [0.15, 0.2) is 54.0 Å². The summed E-state index contributed by atoms with van der Waals surface area (Å²) in [5, 5.41) is 5.94. The molecule has 1 amide bonds. The number of benzene rings is 1. The first-order valence-corrected chi connectivity index (χ1v) is 6.55. The smallest absolute Gasteiger partial charge is 0.265 e. The SMILES string of the molecule is O=C(c1cnccn1)N1CCCC(c2ccccc2)=N1. The molecule has 5 nitrogen and oxygen atoms in total. The van der Waals surface area contributed by atoms with Gasteiger partial charge >= 0.3 is 0 Å². The second-order valence-corrected chi connectivity index (χ2v) is 4.54. The normalized spacial score (nSPS) is 14.8. The van der Waals surface area contributed by atoms with E-state index < -0.39 is 0 Å². The molecule has 0 atom stereocenters. The van der Waals surface area contributed by atoms with Crippen molar-refractivity contribution in [2.24, 2.45) is 5.10 Å². The van der Waals surface area contributed by atoms with Crippen LogP contribution in [0.1, 0.15) is 28.9 Å². The van der Waals surface area contributed by atoms with E-state index in [0.717, 1.165) is 24.1 Å². The van der Waals surface area contributed by atoms with Gasteiger partial charge in [0.25, 0.3) is 5.91 Å². The maximum atomic E-state index is 12.3. The van der Waals surface area contributed by atoms with E-state index in [-0.39, 0.29) is 5.91 Å². The Bertz CT molecular complexity index is 625. The molecule has 100 valence electrons. The minimum absolute atomic E-state index is 0.203. The van der Waals surface area contributed by atoms with Crippen molar-refractivity contribution in [3.05, 3.63) is 60.2 Å². The van der Waals surface area contributed by atoms with E-state index in [1.165, 1.54) is 17.4 Å². The average molecular weight is 266 g/mol. The Hall–Kier alpha value is -2.56. The molecule has 0 fully saturated rings. The average Bonchev–Trinajstić information content (AvgIpc) is 2.56. The number of hydrazone groups is 1. The highest BCUT2D eigenvalue weighted by Gasteiger charge is 2.21. The molecule has 2 aromatic rings. The van der Waals surface area contributed by atoms with Gasteiger partial charge in [0, 0.05) is 18.9 Å². The zero-order valence-corrected chi connectivity index (χ0v) is 10.9. The Labute approximate surface area is 117 Å². The quantitative estimate of drug-likeness (QED) is 0.836. The van der Waals surface area contributed by atoms with Crippen molar-refractivity contribution in [2.75, 3.05) is 6.54 Å². The Morgan fingerprint density at radius 2 is 2.00 bits per heavy atom. The van der Waals surface area contributed by atoms with Crippen LogP contribution < -0.4 is 0 Å². The van der Waals surface area contributed by atoms with Gasteiger partial charge in [0.1, 0.15) is 5.69 Å². The van der Waals surface area contributed by atoms with Crippen molar-refractivity contribution in [3.63, 3.8) is 0 Å². The third kappa shape index (κ3) is 2.56. The molecule has 0 saturated carbocycles. The van der Waals surface area contributed by atoms with E-state index in [4.69, 9.17) is 0 Å². The maximum Gasteiger partial charge on any atom is 0.294 e. The number of carbonyl (C=O) groups excluding carboxylic acids is 1. The van der Waals surface area contributed by atoms with Crippen LogP contribution >= 0.6 is 0 Å². The van der Waals surface area contributed by atoms with Crippen molar-refractivity contribution in [2.45, 2.75) is 12.8 Å². The molecule has 2 heterocycles. The summed E-state index contributed by atoms with van der Waals surface area (Å²) in [7, 11) is 0. The van der Waals surface area contributed by atoms with Gasteiger partial charge in [-0.15, -0.1) is 0 Å². The molecule has 0 radical (unpaired) electrons. The topological polar surface area (TPSA) is 58.5 Å². The van der Waals surface area contributed by atoms with Crippen LogP contribution in [0.25, 0.3) is 0 Å². The molecule has 0 bridgehead atoms. The molecule has 0 N–H and O–H groups in total. The van der Waals surface area contributed by atoms with Crippen molar-refractivity contribution in [1.29, 1.82) is 0 Å². The van der Waals surface area contributed by atoms with Gasteiger partial charge in [-0.2, -0.15) is 5.10 Å². The van der Waals surface area contributed by atoms with E-state index in [2.05, 4.69) is 15.1 Å². The van der Waals surface area contributed by atoms with Crippen molar-refractivity contribution < 1.29 is 4.79 Å². The fourth-order valence-electron chi connectivity index (χ4n) is 2.16. The summed E-state index contributed by atoms with van der Waals surface area (Å²) in [5.41, 5.74) is 2.32. The molecule has 0 unspecified atom stereocenters. The summed E-state index contributed by atoms with van der Waals surface area (Å²) in [6, 6.07) is 9.93. The number of nitrogens with zero attached hydrogens (tertiary/aromatic N) is 4. The Kier molecular flexibility index (Phi) is 3.50. The highest BCUT2D eigenvalue weighted by atomic mass is 16.2. The Morgan fingerprint density at radius 1 is 1.15 bits per heavy atom. The number of aromatic nitrogens is 2. The summed E-state index contributed by atoms with van der Waals surface area (Å²) < 4.78 is 0. The summed E-state index contributed by atoms with van der Waals surface area (Å²) in [6.45, 7) is 0.617. The van der Waals surface area contributed by atoms with E-state index in [1.807, 2.05) is 30.3 Å². The Balaban J connectivity index is 1.86. The molecule has 1 aliphatic heterocycles. The van der Waals surface area contributed by atoms with Gasteiger partial charge in [0.2, 0.25) is 0 Å². The first-order chi connectivity index (χ1) is 9.84. The van der Waals surface area contributed by atoms with Crippen molar-refractivity contribution in [1.82, 2.24) is 15.0 Å². The molecule has 5 heteroatoms. The summed E-state index contributed by atoms with van der Waals surface area (Å²) in [4.78, 5) is 20.2. The number of rotatable bonds is 2. The molecule has 1 aliphatic rings. The zero-order valence-electron chi connectivity index (χ0n) is 10.9. The van der Waals surface area contributed by atoms with Crippen LogP contribution in [-0.2, 0) is 0 Å². The van der Waals surface area contributed by atoms with Gasteiger partial charge in [-0.3, -0.25) is 9.78 Å². The second-order valence-electron chi connectivity index (χ2n) is 4.54. The van der Waals surface area contributed by atoms with Crippen LogP contribution in [0, 0.1) is 0 Å². The lowest BCUT2D eigenvalue weighted by Gasteiger charge is -2.23. The zero-order chi connectivity index (χ0) is 13.8. The summed E-state index contributed by atoms with van der Waals surface area (Å²) >= 11 is 0. The van der Waals surface area contributed by atoms with E-state index in [0.29, 0.717) is 12.2 Å². The van der Waals surface area contributed by atoms with Crippen LogP contribution in [0.5, 0.6) is 0 Å². The molecule has 20 heavy (non-hydrogen) atoms. The number of hydrogen-bond acceptors (Lipinski definition) is 4. The highest BCUT2D eigenvalue weighted by molar-refractivity contribution is 6.02.